The number of benzene rings is 9. The molecule has 63 heavy (non-hydrogen) atoms. The van der Waals surface area contributed by atoms with Gasteiger partial charge in [0, 0.05) is 66.1 Å². The van der Waals surface area contributed by atoms with E-state index < -0.39 is 6.17 Å². The first-order chi connectivity index (χ1) is 31.2. The lowest BCUT2D eigenvalue weighted by molar-refractivity contribution is 0.755. The summed E-state index contributed by atoms with van der Waals surface area (Å²) in [5.74, 6) is 1.52. The molecule has 1 aliphatic heterocycles. The van der Waals surface area contributed by atoms with E-state index in [0.717, 1.165) is 45.4 Å². The highest BCUT2D eigenvalue weighted by atomic mass is 15.2. The lowest BCUT2D eigenvalue weighted by Gasteiger charge is -2.23. The fourth-order valence-electron chi connectivity index (χ4n) is 9.90. The fourth-order valence-corrected chi connectivity index (χ4v) is 9.90. The Morgan fingerprint density at radius 3 is 0.952 bits per heavy atom. The van der Waals surface area contributed by atoms with Gasteiger partial charge >= 0.3 is 0 Å². The van der Waals surface area contributed by atoms with E-state index in [1.54, 1.807) is 0 Å². The Bertz CT molecular complexity index is 3530. The topological polar surface area (TPSA) is 51.5 Å². The van der Waals surface area contributed by atoms with Gasteiger partial charge in [-0.2, -0.15) is 0 Å². The molecule has 1 N–H and O–H groups in total. The quantitative estimate of drug-likeness (QED) is 0.179. The number of aliphatic imine (C=N–C) groups is 2. The molecule has 0 aliphatic carbocycles. The molecule has 12 aromatic rings. The molecule has 296 valence electrons. The highest BCUT2D eigenvalue weighted by Gasteiger charge is 2.24. The molecule has 4 heterocycles. The number of hydrogen-bond donors (Lipinski definition) is 1. The van der Waals surface area contributed by atoms with Crippen LogP contribution in [-0.2, 0) is 0 Å². The van der Waals surface area contributed by atoms with Crippen molar-refractivity contribution in [1.82, 2.24) is 19.0 Å². The van der Waals surface area contributed by atoms with Crippen LogP contribution in [0.15, 0.2) is 228 Å². The molecule has 0 bridgehead atoms. The monoisotopic (exact) mass is 806 g/mol. The lowest BCUT2D eigenvalue weighted by atomic mass is 10.1. The molecule has 9 aromatic carbocycles. The van der Waals surface area contributed by atoms with Gasteiger partial charge in [-0.25, -0.2) is 9.98 Å². The predicted octanol–water partition coefficient (Wildman–Crippen LogP) is 13.5. The molecule has 0 spiro atoms. The van der Waals surface area contributed by atoms with Gasteiger partial charge in [0.05, 0.1) is 33.1 Å². The van der Waals surface area contributed by atoms with Crippen LogP contribution in [0, 0.1) is 0 Å². The van der Waals surface area contributed by atoms with E-state index in [1.807, 2.05) is 0 Å². The van der Waals surface area contributed by atoms with Crippen LogP contribution in [0.5, 0.6) is 0 Å². The van der Waals surface area contributed by atoms with Crippen molar-refractivity contribution in [2.75, 3.05) is 0 Å². The second-order valence-corrected chi connectivity index (χ2v) is 16.3. The summed E-state index contributed by atoms with van der Waals surface area (Å²) in [7, 11) is 0. The molecule has 0 atom stereocenters. The molecule has 0 amide bonds. The molecule has 1 aliphatic rings. The number of fused-ring (bicyclic) bond motifs is 9. The number of hydrogen-bond acceptors (Lipinski definition) is 3. The summed E-state index contributed by atoms with van der Waals surface area (Å²) in [6.07, 6.45) is -0.516. The Labute approximate surface area is 362 Å². The van der Waals surface area contributed by atoms with E-state index in [9.17, 15) is 0 Å². The van der Waals surface area contributed by atoms with E-state index in [-0.39, 0.29) is 0 Å². The maximum absolute atomic E-state index is 5.44. The standard InChI is InChI=1S/C57H38N6/c1-7-28-49-43(22-1)44-23-2-8-29-50(44)61(49)40-19-13-16-37(34-40)55-58-56(38-17-14-20-41(35-38)62-51-30-9-3-24-45(51)46-25-4-10-31-52(46)62)60-57(59-55)39-18-15-21-42(36-39)63-53-32-11-5-26-47(53)48-27-6-12-33-54(48)63/h1-36,55H,(H,58,59,60). The van der Waals surface area contributed by atoms with E-state index in [4.69, 9.17) is 9.98 Å². The average Bonchev–Trinajstić information content (AvgIpc) is 4.00. The normalized spacial score (nSPS) is 13.3. The van der Waals surface area contributed by atoms with Crippen molar-refractivity contribution in [2.45, 2.75) is 6.17 Å². The Balaban J connectivity index is 0.978. The van der Waals surface area contributed by atoms with E-state index in [1.165, 1.54) is 65.4 Å². The summed E-state index contributed by atoms with van der Waals surface area (Å²) < 4.78 is 7.07. The lowest BCUT2D eigenvalue weighted by Crippen LogP contribution is -2.36. The second kappa shape index (κ2) is 14.0. The van der Waals surface area contributed by atoms with Crippen LogP contribution >= 0.6 is 0 Å². The summed E-state index contributed by atoms with van der Waals surface area (Å²) in [5.41, 5.74) is 13.1. The van der Waals surface area contributed by atoms with Gasteiger partial charge in [-0.3, -0.25) is 0 Å². The Hall–Kier alpha value is -8.48. The SMILES string of the molecule is c1cc(C2=NC(c3cccc(-n4c5ccccc5c5ccccc54)c3)N=C(c3cccc(-n4c5ccccc5c5ccccc54)c3)N2)cc(-n2c3ccccc3c3ccccc32)c1. The number of nitrogens with one attached hydrogen (secondary N) is 1. The molecule has 0 radical (unpaired) electrons. The molecule has 0 fully saturated rings. The van der Waals surface area contributed by atoms with Crippen molar-refractivity contribution in [3.63, 3.8) is 0 Å². The van der Waals surface area contributed by atoms with Gasteiger partial charge in [-0.05, 0) is 72.8 Å². The van der Waals surface area contributed by atoms with Crippen LogP contribution < -0.4 is 5.32 Å². The first-order valence-corrected chi connectivity index (χ1v) is 21.4. The van der Waals surface area contributed by atoms with Gasteiger partial charge in [0.25, 0.3) is 0 Å². The minimum absolute atomic E-state index is 0.516. The summed E-state index contributed by atoms with van der Waals surface area (Å²) in [4.78, 5) is 10.9. The summed E-state index contributed by atoms with van der Waals surface area (Å²) >= 11 is 0. The third kappa shape index (κ3) is 5.58. The first kappa shape index (κ1) is 35.3. The molecular weight excluding hydrogens is 769 g/mol. The Kier molecular flexibility index (Phi) is 7.87. The molecule has 0 unspecified atom stereocenters. The molecule has 3 aromatic heterocycles. The number of amidine groups is 2. The molecule has 0 saturated carbocycles. The zero-order chi connectivity index (χ0) is 41.4. The molecular formula is C57H38N6. The second-order valence-electron chi connectivity index (χ2n) is 16.3. The van der Waals surface area contributed by atoms with Crippen molar-refractivity contribution in [1.29, 1.82) is 0 Å². The van der Waals surface area contributed by atoms with E-state index in [2.05, 4.69) is 237 Å². The zero-order valence-electron chi connectivity index (χ0n) is 34.1. The average molecular weight is 807 g/mol. The summed E-state index contributed by atoms with van der Waals surface area (Å²) in [6, 6.07) is 77.9. The van der Waals surface area contributed by atoms with Gasteiger partial charge in [0.2, 0.25) is 0 Å². The summed E-state index contributed by atoms with van der Waals surface area (Å²) in [6.45, 7) is 0. The third-order valence-electron chi connectivity index (χ3n) is 12.7. The maximum Gasteiger partial charge on any atom is 0.169 e. The molecule has 13 rings (SSSR count). The number of aromatic nitrogens is 3. The van der Waals surface area contributed by atoms with Crippen molar-refractivity contribution < 1.29 is 0 Å². The molecule has 6 heteroatoms. The van der Waals surface area contributed by atoms with Gasteiger partial charge in [0.15, 0.2) is 6.17 Å². The van der Waals surface area contributed by atoms with E-state index in [0.29, 0.717) is 0 Å². The molecule has 0 saturated heterocycles. The van der Waals surface area contributed by atoms with Crippen molar-refractivity contribution in [3.05, 3.63) is 235 Å². The van der Waals surface area contributed by atoms with Crippen LogP contribution in [0.2, 0.25) is 0 Å². The van der Waals surface area contributed by atoms with Gasteiger partial charge in [0.1, 0.15) is 11.7 Å². The summed E-state index contributed by atoms with van der Waals surface area (Å²) in [5, 5.41) is 11.1. The number of rotatable bonds is 6. The van der Waals surface area contributed by atoms with Crippen LogP contribution in [0.3, 0.4) is 0 Å². The van der Waals surface area contributed by atoms with Gasteiger partial charge in [-0.1, -0.05) is 146 Å². The Morgan fingerprint density at radius 2 is 0.603 bits per heavy atom. The smallest absolute Gasteiger partial charge is 0.169 e. The van der Waals surface area contributed by atoms with Crippen LogP contribution in [-0.4, -0.2) is 25.4 Å². The largest absolute Gasteiger partial charge is 0.324 e. The number of para-hydroxylation sites is 6. The van der Waals surface area contributed by atoms with Crippen LogP contribution in [0.4, 0.5) is 0 Å². The minimum atomic E-state index is -0.516. The van der Waals surface area contributed by atoms with E-state index >= 15 is 0 Å². The fraction of sp³-hybridized carbons (Fsp3) is 0.0175. The highest BCUT2D eigenvalue weighted by molar-refractivity contribution is 6.17. The number of nitrogens with zero attached hydrogens (tertiary/aromatic N) is 5. The third-order valence-corrected chi connectivity index (χ3v) is 12.7. The van der Waals surface area contributed by atoms with Gasteiger partial charge in [-0.15, -0.1) is 0 Å². The zero-order valence-corrected chi connectivity index (χ0v) is 34.1. The molecule has 6 nitrogen and oxygen atoms in total. The minimum Gasteiger partial charge on any atom is -0.324 e. The predicted molar refractivity (Wildman–Crippen MR) is 261 cm³/mol. The first-order valence-electron chi connectivity index (χ1n) is 21.4. The van der Waals surface area contributed by atoms with Crippen molar-refractivity contribution >= 4 is 77.1 Å². The Morgan fingerprint density at radius 1 is 0.302 bits per heavy atom. The maximum atomic E-state index is 5.44. The van der Waals surface area contributed by atoms with Crippen LogP contribution in [0.1, 0.15) is 22.9 Å². The van der Waals surface area contributed by atoms with Crippen molar-refractivity contribution in [2.24, 2.45) is 9.98 Å². The highest BCUT2D eigenvalue weighted by Crippen LogP contribution is 2.36. The van der Waals surface area contributed by atoms with Crippen LogP contribution in [0.25, 0.3) is 82.5 Å². The van der Waals surface area contributed by atoms with Crippen molar-refractivity contribution in [3.8, 4) is 17.1 Å². The van der Waals surface area contributed by atoms with Gasteiger partial charge < -0.3 is 19.0 Å².